The smallest absolute Gasteiger partial charge is 0.0897 e. The van der Waals surface area contributed by atoms with E-state index in [-0.39, 0.29) is 0 Å². The molecule has 0 aliphatic rings. The zero-order valence-corrected chi connectivity index (χ0v) is 11.9. The predicted octanol–water partition coefficient (Wildman–Crippen LogP) is 3.28. The molecular weight excluding hydrogens is 248 g/mol. The Kier molecular flexibility index (Phi) is 4.71. The lowest BCUT2D eigenvalue weighted by atomic mass is 10.0. The monoisotopic (exact) mass is 266 g/mol. The molecule has 0 saturated heterocycles. The van der Waals surface area contributed by atoms with E-state index < -0.39 is 0 Å². The summed E-state index contributed by atoms with van der Waals surface area (Å²) in [6.45, 7) is 2.06. The average Bonchev–Trinajstić information content (AvgIpc) is 2.96. The van der Waals surface area contributed by atoms with Crippen LogP contribution >= 0.6 is 22.7 Å². The van der Waals surface area contributed by atoms with E-state index in [9.17, 15) is 0 Å². The van der Waals surface area contributed by atoms with E-state index in [2.05, 4.69) is 39.4 Å². The molecule has 2 nitrogen and oxygen atoms in total. The summed E-state index contributed by atoms with van der Waals surface area (Å²) in [4.78, 5) is 4.52. The number of aryl methyl sites for hydroxylation is 2. The maximum atomic E-state index is 4.52. The zero-order valence-electron chi connectivity index (χ0n) is 10.3. The molecule has 1 atom stereocenters. The van der Waals surface area contributed by atoms with Crippen LogP contribution in [0, 0.1) is 6.92 Å². The lowest BCUT2D eigenvalue weighted by Gasteiger charge is -2.14. The molecule has 0 aliphatic heterocycles. The molecule has 0 aromatic carbocycles. The van der Waals surface area contributed by atoms with Crippen molar-refractivity contribution in [2.75, 3.05) is 7.05 Å². The van der Waals surface area contributed by atoms with Gasteiger partial charge in [-0.1, -0.05) is 0 Å². The first-order chi connectivity index (χ1) is 8.28. The highest BCUT2D eigenvalue weighted by Gasteiger charge is 2.09. The molecule has 0 radical (unpaired) electrons. The molecule has 0 amide bonds. The number of likely N-dealkylation sites (N-methyl/N-ethyl adjacent to an activating group) is 1. The highest BCUT2D eigenvalue weighted by atomic mass is 32.1. The van der Waals surface area contributed by atoms with Crippen LogP contribution in [-0.2, 0) is 12.8 Å². The number of rotatable bonds is 6. The summed E-state index contributed by atoms with van der Waals surface area (Å²) in [5.41, 5.74) is 2.67. The van der Waals surface area contributed by atoms with Crippen molar-refractivity contribution in [3.63, 3.8) is 0 Å². The van der Waals surface area contributed by atoms with Crippen molar-refractivity contribution in [3.05, 3.63) is 38.5 Å². The Bertz CT molecular complexity index is 434. The number of hydrogen-bond acceptors (Lipinski definition) is 4. The predicted molar refractivity (Wildman–Crippen MR) is 76.0 cm³/mol. The van der Waals surface area contributed by atoms with Crippen LogP contribution in [0.5, 0.6) is 0 Å². The molecule has 0 aliphatic carbocycles. The highest BCUT2D eigenvalue weighted by molar-refractivity contribution is 7.09. The fourth-order valence-electron chi connectivity index (χ4n) is 1.88. The topological polar surface area (TPSA) is 24.9 Å². The van der Waals surface area contributed by atoms with Crippen LogP contribution in [0.1, 0.15) is 22.7 Å². The van der Waals surface area contributed by atoms with E-state index in [1.165, 1.54) is 17.7 Å². The van der Waals surface area contributed by atoms with Crippen molar-refractivity contribution in [2.45, 2.75) is 32.2 Å². The van der Waals surface area contributed by atoms with Gasteiger partial charge in [-0.25, -0.2) is 4.98 Å². The Morgan fingerprint density at radius 1 is 1.41 bits per heavy atom. The third-order valence-corrected chi connectivity index (χ3v) is 4.45. The summed E-state index contributed by atoms with van der Waals surface area (Å²) < 4.78 is 0. The van der Waals surface area contributed by atoms with Gasteiger partial charge in [0.2, 0.25) is 0 Å². The first kappa shape index (κ1) is 12.7. The molecule has 1 N–H and O–H groups in total. The molecule has 2 heterocycles. The minimum atomic E-state index is 0.524. The van der Waals surface area contributed by atoms with Crippen molar-refractivity contribution in [2.24, 2.45) is 0 Å². The van der Waals surface area contributed by atoms with E-state index in [4.69, 9.17) is 0 Å². The van der Waals surface area contributed by atoms with Gasteiger partial charge in [0.25, 0.3) is 0 Å². The van der Waals surface area contributed by atoms with Crippen LogP contribution in [0.3, 0.4) is 0 Å². The van der Waals surface area contributed by atoms with Gasteiger partial charge >= 0.3 is 0 Å². The first-order valence-electron chi connectivity index (χ1n) is 5.87. The van der Waals surface area contributed by atoms with Crippen LogP contribution in [0.2, 0.25) is 0 Å². The molecule has 2 aromatic heterocycles. The Hall–Kier alpha value is -0.710. The summed E-state index contributed by atoms with van der Waals surface area (Å²) in [7, 11) is 2.04. The molecule has 1 unspecified atom stereocenters. The quantitative estimate of drug-likeness (QED) is 0.868. The van der Waals surface area contributed by atoms with Crippen molar-refractivity contribution in [3.8, 4) is 0 Å². The molecule has 2 rings (SSSR count). The van der Waals surface area contributed by atoms with E-state index in [0.29, 0.717) is 6.04 Å². The van der Waals surface area contributed by atoms with Crippen molar-refractivity contribution in [1.82, 2.24) is 10.3 Å². The highest BCUT2D eigenvalue weighted by Crippen LogP contribution is 2.14. The second kappa shape index (κ2) is 6.28. The molecule has 2 aromatic rings. The van der Waals surface area contributed by atoms with Gasteiger partial charge in [0.15, 0.2) is 0 Å². The zero-order chi connectivity index (χ0) is 12.1. The van der Waals surface area contributed by atoms with Gasteiger partial charge in [-0.05, 0) is 49.2 Å². The second-order valence-electron chi connectivity index (χ2n) is 4.22. The largest absolute Gasteiger partial charge is 0.317 e. The lowest BCUT2D eigenvalue weighted by Crippen LogP contribution is -2.28. The number of aromatic nitrogens is 1. The Balaban J connectivity index is 1.84. The Morgan fingerprint density at radius 2 is 2.29 bits per heavy atom. The maximum absolute atomic E-state index is 4.52. The summed E-state index contributed by atoms with van der Waals surface area (Å²) >= 11 is 3.51. The van der Waals surface area contributed by atoms with Crippen molar-refractivity contribution >= 4 is 22.7 Å². The van der Waals surface area contributed by atoms with Gasteiger partial charge in [-0.15, -0.1) is 11.3 Å². The molecular formula is C13H18N2S2. The lowest BCUT2D eigenvalue weighted by molar-refractivity contribution is 0.516. The Morgan fingerprint density at radius 3 is 2.88 bits per heavy atom. The molecule has 92 valence electrons. The maximum Gasteiger partial charge on any atom is 0.0897 e. The molecule has 0 spiro atoms. The van der Waals surface area contributed by atoms with Gasteiger partial charge in [-0.3, -0.25) is 0 Å². The fraction of sp³-hybridized carbons (Fsp3) is 0.462. The fourth-order valence-corrected chi connectivity index (χ4v) is 3.21. The normalized spacial score (nSPS) is 12.8. The van der Waals surface area contributed by atoms with Gasteiger partial charge in [0, 0.05) is 17.8 Å². The summed E-state index contributed by atoms with van der Waals surface area (Å²) in [5.74, 6) is 0. The molecule has 0 saturated carbocycles. The van der Waals surface area contributed by atoms with E-state index in [1.807, 2.05) is 7.05 Å². The second-order valence-corrected chi connectivity index (χ2v) is 6.06. The van der Waals surface area contributed by atoms with Crippen LogP contribution in [0.15, 0.2) is 22.2 Å². The first-order valence-corrected chi connectivity index (χ1v) is 7.69. The van der Waals surface area contributed by atoms with Crippen LogP contribution in [-0.4, -0.2) is 18.1 Å². The average molecular weight is 266 g/mol. The van der Waals surface area contributed by atoms with E-state index in [1.54, 1.807) is 22.7 Å². The number of hydrogen-bond donors (Lipinski definition) is 1. The van der Waals surface area contributed by atoms with E-state index in [0.717, 1.165) is 17.8 Å². The van der Waals surface area contributed by atoms with Gasteiger partial charge in [0.05, 0.1) is 10.7 Å². The molecule has 17 heavy (non-hydrogen) atoms. The van der Waals surface area contributed by atoms with Crippen LogP contribution in [0.4, 0.5) is 0 Å². The molecule has 4 heteroatoms. The van der Waals surface area contributed by atoms with Crippen molar-refractivity contribution < 1.29 is 0 Å². The van der Waals surface area contributed by atoms with Gasteiger partial charge < -0.3 is 5.32 Å². The SMILES string of the molecule is CNC(CCc1ccsc1)Cc1csc(C)n1. The van der Waals surface area contributed by atoms with Crippen LogP contribution < -0.4 is 5.32 Å². The standard InChI is InChI=1S/C13H18N2S2/c1-10-15-13(9-17-10)7-12(14-2)4-3-11-5-6-16-8-11/h5-6,8-9,12,14H,3-4,7H2,1-2H3. The summed E-state index contributed by atoms with van der Waals surface area (Å²) in [5, 5.41) is 11.1. The van der Waals surface area contributed by atoms with Gasteiger partial charge in [0.1, 0.15) is 0 Å². The number of nitrogens with one attached hydrogen (secondary N) is 1. The van der Waals surface area contributed by atoms with E-state index >= 15 is 0 Å². The third-order valence-electron chi connectivity index (χ3n) is 2.89. The number of thiazole rings is 1. The third kappa shape index (κ3) is 3.91. The van der Waals surface area contributed by atoms with Gasteiger partial charge in [-0.2, -0.15) is 11.3 Å². The van der Waals surface area contributed by atoms with Crippen LogP contribution in [0.25, 0.3) is 0 Å². The summed E-state index contributed by atoms with van der Waals surface area (Å²) in [6.07, 6.45) is 3.35. The molecule has 0 bridgehead atoms. The Labute approximate surface area is 111 Å². The molecule has 0 fully saturated rings. The summed E-state index contributed by atoms with van der Waals surface area (Å²) in [6, 6.07) is 2.74. The number of thiophene rings is 1. The minimum Gasteiger partial charge on any atom is -0.317 e. The van der Waals surface area contributed by atoms with Crippen molar-refractivity contribution in [1.29, 1.82) is 0 Å². The minimum absolute atomic E-state index is 0.524. The number of nitrogens with zero attached hydrogens (tertiary/aromatic N) is 1.